The maximum Gasteiger partial charge on any atom is 0.254 e. The molecule has 2 aromatic carbocycles. The molecule has 3 aromatic rings. The molecule has 0 saturated heterocycles. The number of carbonyl (C=O) groups is 1. The molecule has 3 rings (SSSR count). The van der Waals surface area contributed by atoms with Crippen LogP contribution < -0.4 is 5.32 Å². The fourth-order valence-corrected chi connectivity index (χ4v) is 3.32. The lowest BCUT2D eigenvalue weighted by Gasteiger charge is -2.08. The Morgan fingerprint density at radius 1 is 1.07 bits per heavy atom. The number of fused-ring (bicyclic) bond motifs is 1. The van der Waals surface area contributed by atoms with Gasteiger partial charge in [-0.3, -0.25) is 4.79 Å². The van der Waals surface area contributed by atoms with E-state index in [-0.39, 0.29) is 11.5 Å². The quantitative estimate of drug-likeness (QED) is 0.556. The molecule has 0 unspecified atom stereocenters. The van der Waals surface area contributed by atoms with Gasteiger partial charge in [0.1, 0.15) is 11.6 Å². The van der Waals surface area contributed by atoms with Gasteiger partial charge in [-0.15, -0.1) is 0 Å². The number of benzene rings is 2. The Morgan fingerprint density at radius 2 is 1.85 bits per heavy atom. The van der Waals surface area contributed by atoms with Crippen molar-refractivity contribution in [3.63, 3.8) is 0 Å². The topological polar surface area (TPSA) is 46.9 Å². The Kier molecular flexibility index (Phi) is 6.58. The minimum atomic E-state index is -0.482. The van der Waals surface area contributed by atoms with Gasteiger partial charge in [0.25, 0.3) is 5.91 Å². The van der Waals surface area contributed by atoms with Crippen molar-refractivity contribution in [3.8, 4) is 0 Å². The van der Waals surface area contributed by atoms with Gasteiger partial charge < -0.3 is 9.88 Å². The summed E-state index contributed by atoms with van der Waals surface area (Å²) in [5.74, 6) is 0.302. The maximum atomic E-state index is 13.6. The molecular formula is C22H26FN3O. The maximum absolute atomic E-state index is 13.6. The minimum Gasteiger partial charge on any atom is -0.352 e. The van der Waals surface area contributed by atoms with E-state index in [4.69, 9.17) is 4.98 Å². The fraction of sp³-hybridized carbons (Fsp3) is 0.364. The van der Waals surface area contributed by atoms with E-state index in [9.17, 15) is 9.18 Å². The first kappa shape index (κ1) is 19.1. The second kappa shape index (κ2) is 9.31. The molecule has 0 bridgehead atoms. The summed E-state index contributed by atoms with van der Waals surface area (Å²) in [7, 11) is 0. The van der Waals surface area contributed by atoms with Gasteiger partial charge in [0, 0.05) is 19.5 Å². The molecule has 1 aromatic heterocycles. The lowest BCUT2D eigenvalue weighted by atomic mass is 10.1. The molecule has 27 heavy (non-hydrogen) atoms. The molecule has 0 aliphatic heterocycles. The molecular weight excluding hydrogens is 341 g/mol. The van der Waals surface area contributed by atoms with Gasteiger partial charge in [-0.05, 0) is 43.5 Å². The Balaban J connectivity index is 1.45. The largest absolute Gasteiger partial charge is 0.352 e. The molecule has 0 aliphatic carbocycles. The molecule has 1 amide bonds. The number of unbranched alkanes of at least 4 members (excludes halogenated alkanes) is 2. The first-order valence-corrected chi connectivity index (χ1v) is 9.67. The van der Waals surface area contributed by atoms with Gasteiger partial charge in [0.05, 0.1) is 16.6 Å². The predicted octanol–water partition coefficient (Wildman–Crippen LogP) is 4.73. The van der Waals surface area contributed by atoms with Gasteiger partial charge in [0.2, 0.25) is 0 Å². The number of para-hydroxylation sites is 2. The van der Waals surface area contributed by atoms with Gasteiger partial charge in [-0.1, -0.05) is 37.6 Å². The molecule has 0 saturated carbocycles. The summed E-state index contributed by atoms with van der Waals surface area (Å²) >= 11 is 0. The van der Waals surface area contributed by atoms with E-state index in [0.29, 0.717) is 6.54 Å². The third kappa shape index (κ3) is 4.73. The summed E-state index contributed by atoms with van der Waals surface area (Å²) in [6.07, 6.45) is 4.88. The summed E-state index contributed by atoms with van der Waals surface area (Å²) in [5.41, 5.74) is 2.36. The molecule has 5 heteroatoms. The number of aryl methyl sites for hydroxylation is 2. The Bertz CT molecular complexity index is 903. The van der Waals surface area contributed by atoms with Crippen LogP contribution >= 0.6 is 0 Å². The zero-order valence-corrected chi connectivity index (χ0v) is 15.7. The van der Waals surface area contributed by atoms with Crippen LogP contribution in [-0.2, 0) is 13.0 Å². The van der Waals surface area contributed by atoms with Crippen molar-refractivity contribution in [1.82, 2.24) is 14.9 Å². The minimum absolute atomic E-state index is 0.103. The molecule has 1 heterocycles. The van der Waals surface area contributed by atoms with E-state index < -0.39 is 5.82 Å². The standard InChI is InChI=1S/C22H26FN3O/c1-2-16-26-20-13-8-7-12-19(20)25-21(26)14-4-3-9-15-24-22(27)17-10-5-6-11-18(17)23/h5-8,10-13H,2-4,9,14-16H2,1H3,(H,24,27). The Morgan fingerprint density at radius 3 is 2.67 bits per heavy atom. The second-order valence-electron chi connectivity index (χ2n) is 6.71. The highest BCUT2D eigenvalue weighted by atomic mass is 19.1. The van der Waals surface area contributed by atoms with Crippen LogP contribution in [0.15, 0.2) is 48.5 Å². The molecule has 0 radical (unpaired) electrons. The molecule has 0 atom stereocenters. The highest BCUT2D eigenvalue weighted by Crippen LogP contribution is 2.18. The number of rotatable bonds is 9. The second-order valence-corrected chi connectivity index (χ2v) is 6.71. The van der Waals surface area contributed by atoms with Crippen LogP contribution in [0.1, 0.15) is 48.8 Å². The summed E-state index contributed by atoms with van der Waals surface area (Å²) in [4.78, 5) is 16.7. The van der Waals surface area contributed by atoms with Gasteiger partial charge >= 0.3 is 0 Å². The van der Waals surface area contributed by atoms with Crippen molar-refractivity contribution in [2.75, 3.05) is 6.54 Å². The van der Waals surface area contributed by atoms with Crippen molar-refractivity contribution < 1.29 is 9.18 Å². The van der Waals surface area contributed by atoms with Gasteiger partial charge in [0.15, 0.2) is 0 Å². The van der Waals surface area contributed by atoms with Crippen molar-refractivity contribution in [2.45, 2.75) is 45.6 Å². The van der Waals surface area contributed by atoms with E-state index in [1.807, 2.05) is 6.07 Å². The highest BCUT2D eigenvalue weighted by molar-refractivity contribution is 5.94. The van der Waals surface area contributed by atoms with Crippen LogP contribution in [-0.4, -0.2) is 22.0 Å². The third-order valence-corrected chi connectivity index (χ3v) is 4.66. The first-order chi connectivity index (χ1) is 13.2. The first-order valence-electron chi connectivity index (χ1n) is 9.67. The van der Waals surface area contributed by atoms with E-state index in [2.05, 4.69) is 35.0 Å². The number of nitrogens with zero attached hydrogens (tertiary/aromatic N) is 2. The molecule has 4 nitrogen and oxygen atoms in total. The normalized spacial score (nSPS) is 11.0. The Hall–Kier alpha value is -2.69. The average molecular weight is 367 g/mol. The van der Waals surface area contributed by atoms with Crippen LogP contribution in [0.2, 0.25) is 0 Å². The molecule has 0 spiro atoms. The summed E-state index contributed by atoms with van der Waals surface area (Å²) in [5, 5.41) is 2.79. The van der Waals surface area contributed by atoms with Crippen molar-refractivity contribution in [1.29, 1.82) is 0 Å². The van der Waals surface area contributed by atoms with Crippen LogP contribution in [0.3, 0.4) is 0 Å². The Labute approximate surface area is 159 Å². The monoisotopic (exact) mass is 367 g/mol. The predicted molar refractivity (Wildman–Crippen MR) is 106 cm³/mol. The van der Waals surface area contributed by atoms with Crippen LogP contribution in [0, 0.1) is 5.82 Å². The summed E-state index contributed by atoms with van der Waals surface area (Å²) in [6, 6.07) is 14.3. The molecule has 0 fully saturated rings. The highest BCUT2D eigenvalue weighted by Gasteiger charge is 2.11. The van der Waals surface area contributed by atoms with E-state index in [1.165, 1.54) is 17.6 Å². The SMILES string of the molecule is CCCn1c(CCCCCNC(=O)c2ccccc2F)nc2ccccc21. The lowest BCUT2D eigenvalue weighted by Crippen LogP contribution is -2.25. The van der Waals surface area contributed by atoms with Gasteiger partial charge in [-0.2, -0.15) is 0 Å². The summed E-state index contributed by atoms with van der Waals surface area (Å²) < 4.78 is 15.9. The number of imidazole rings is 1. The van der Waals surface area contributed by atoms with Crippen molar-refractivity contribution in [2.24, 2.45) is 0 Å². The van der Waals surface area contributed by atoms with Crippen molar-refractivity contribution in [3.05, 3.63) is 65.7 Å². The average Bonchev–Trinajstić information content (AvgIpc) is 3.03. The third-order valence-electron chi connectivity index (χ3n) is 4.66. The fourth-order valence-electron chi connectivity index (χ4n) is 3.32. The molecule has 142 valence electrons. The number of hydrogen-bond donors (Lipinski definition) is 1. The zero-order valence-electron chi connectivity index (χ0n) is 15.7. The van der Waals surface area contributed by atoms with E-state index in [1.54, 1.807) is 12.1 Å². The lowest BCUT2D eigenvalue weighted by molar-refractivity contribution is 0.0949. The molecule has 0 aliphatic rings. The van der Waals surface area contributed by atoms with Crippen LogP contribution in [0.25, 0.3) is 11.0 Å². The van der Waals surface area contributed by atoms with Crippen LogP contribution in [0.5, 0.6) is 0 Å². The zero-order chi connectivity index (χ0) is 19.1. The van der Waals surface area contributed by atoms with Gasteiger partial charge in [-0.25, -0.2) is 9.37 Å². The van der Waals surface area contributed by atoms with E-state index >= 15 is 0 Å². The smallest absolute Gasteiger partial charge is 0.254 e. The number of aromatic nitrogens is 2. The number of hydrogen-bond acceptors (Lipinski definition) is 2. The summed E-state index contributed by atoms with van der Waals surface area (Å²) in [6.45, 7) is 3.71. The van der Waals surface area contributed by atoms with E-state index in [0.717, 1.165) is 50.0 Å². The number of carbonyl (C=O) groups excluding carboxylic acids is 1. The number of halogens is 1. The van der Waals surface area contributed by atoms with Crippen molar-refractivity contribution >= 4 is 16.9 Å². The number of nitrogens with one attached hydrogen (secondary N) is 1. The van der Waals surface area contributed by atoms with Crippen LogP contribution in [0.4, 0.5) is 4.39 Å². The number of amides is 1. The molecule has 1 N–H and O–H groups in total.